The van der Waals surface area contributed by atoms with Crippen LogP contribution in [-0.4, -0.2) is 35.3 Å². The Morgan fingerprint density at radius 1 is 1.12 bits per heavy atom. The number of aryl methyl sites for hydroxylation is 1. The van der Waals surface area contributed by atoms with Crippen molar-refractivity contribution in [2.24, 2.45) is 0 Å². The summed E-state index contributed by atoms with van der Waals surface area (Å²) in [5, 5.41) is 12.5. The molecule has 0 radical (unpaired) electrons. The van der Waals surface area contributed by atoms with Crippen molar-refractivity contribution in [2.45, 2.75) is 13.5 Å². The van der Waals surface area contributed by atoms with Gasteiger partial charge in [-0.25, -0.2) is 23.5 Å². The van der Waals surface area contributed by atoms with Crippen LogP contribution >= 0.6 is 11.6 Å². The minimum Gasteiger partial charge on any atom is -0.496 e. The number of hydrogen-bond donors (Lipinski definition) is 2. The predicted octanol–water partition coefficient (Wildman–Crippen LogP) is 4.75. The number of nitrogens with one attached hydrogen (secondary N) is 1. The van der Waals surface area contributed by atoms with Crippen LogP contribution in [0.3, 0.4) is 0 Å². The van der Waals surface area contributed by atoms with Gasteiger partial charge < -0.3 is 24.6 Å². The van der Waals surface area contributed by atoms with Gasteiger partial charge in [0.25, 0.3) is 0 Å². The van der Waals surface area contributed by atoms with Crippen LogP contribution in [0.2, 0.25) is 5.02 Å². The lowest BCUT2D eigenvalue weighted by Gasteiger charge is -2.17. The summed E-state index contributed by atoms with van der Waals surface area (Å²) in [4.78, 5) is 19.4. The molecule has 0 unspecified atom stereocenters. The molecule has 3 rings (SSSR count). The van der Waals surface area contributed by atoms with E-state index in [9.17, 15) is 18.7 Å². The second-order valence-corrected chi connectivity index (χ2v) is 6.83. The van der Waals surface area contributed by atoms with Crippen molar-refractivity contribution in [3.8, 4) is 17.2 Å². The predicted molar refractivity (Wildman–Crippen MR) is 112 cm³/mol. The van der Waals surface area contributed by atoms with Gasteiger partial charge >= 0.3 is 5.97 Å². The Balaban J connectivity index is 1.96. The molecule has 0 saturated carbocycles. The molecular weight excluding hydrogens is 448 g/mol. The maximum absolute atomic E-state index is 14.3. The van der Waals surface area contributed by atoms with E-state index in [0.717, 1.165) is 6.07 Å². The van der Waals surface area contributed by atoms with Gasteiger partial charge in [-0.05, 0) is 19.1 Å². The van der Waals surface area contributed by atoms with Crippen LogP contribution in [0.4, 0.5) is 20.3 Å². The molecule has 11 heteroatoms. The summed E-state index contributed by atoms with van der Waals surface area (Å²) in [6.07, 6.45) is 1.21. The number of methoxy groups -OCH3 is 2. The minimum absolute atomic E-state index is 0.0147. The summed E-state index contributed by atoms with van der Waals surface area (Å²) < 4.78 is 43.9. The molecule has 1 aromatic heterocycles. The second-order valence-electron chi connectivity index (χ2n) is 6.43. The van der Waals surface area contributed by atoms with E-state index in [4.69, 9.17) is 25.8 Å². The standard InChI is InChI=1S/C21H18ClF2N3O5/c1-10-18(21(28)29)20(26-9-25-10)27-14-7-17(16(31-3)6-12(14)22)32-8-11-15(30-2)5-4-13(23)19(11)24/h4-7,9H,8H2,1-3H3,(H,28,29)(H,25,26,27). The van der Waals surface area contributed by atoms with E-state index in [1.165, 1.54) is 45.7 Å². The van der Waals surface area contributed by atoms with Crippen molar-refractivity contribution in [1.29, 1.82) is 0 Å². The third-order valence-electron chi connectivity index (χ3n) is 4.50. The number of rotatable bonds is 8. The molecule has 2 N–H and O–H groups in total. The summed E-state index contributed by atoms with van der Waals surface area (Å²) in [6, 6.07) is 5.08. The number of aromatic nitrogens is 2. The first-order valence-electron chi connectivity index (χ1n) is 9.09. The Morgan fingerprint density at radius 2 is 1.84 bits per heavy atom. The Bertz CT molecular complexity index is 1180. The van der Waals surface area contributed by atoms with E-state index in [1.54, 1.807) is 0 Å². The summed E-state index contributed by atoms with van der Waals surface area (Å²) in [7, 11) is 2.70. The maximum atomic E-state index is 14.3. The van der Waals surface area contributed by atoms with E-state index in [1.807, 2.05) is 0 Å². The largest absolute Gasteiger partial charge is 0.496 e. The fraction of sp³-hybridized carbons (Fsp3) is 0.190. The zero-order chi connectivity index (χ0) is 23.4. The SMILES string of the molecule is COc1cc(Cl)c(Nc2ncnc(C)c2C(=O)O)cc1OCc1c(OC)ccc(F)c1F. The second kappa shape index (κ2) is 9.65. The molecule has 32 heavy (non-hydrogen) atoms. The summed E-state index contributed by atoms with van der Waals surface area (Å²) >= 11 is 6.29. The third kappa shape index (κ3) is 4.65. The van der Waals surface area contributed by atoms with Crippen LogP contribution in [0.1, 0.15) is 21.6 Å². The average Bonchev–Trinajstić information content (AvgIpc) is 2.76. The molecular formula is C21H18ClF2N3O5. The third-order valence-corrected chi connectivity index (χ3v) is 4.81. The number of carboxylic acids is 1. The quantitative estimate of drug-likeness (QED) is 0.491. The molecule has 0 aliphatic rings. The fourth-order valence-electron chi connectivity index (χ4n) is 2.91. The smallest absolute Gasteiger partial charge is 0.341 e. The summed E-state index contributed by atoms with van der Waals surface area (Å²) in [5.74, 6) is -2.89. The molecule has 3 aromatic rings. The van der Waals surface area contributed by atoms with Gasteiger partial charge in [0.1, 0.15) is 30.1 Å². The lowest BCUT2D eigenvalue weighted by atomic mass is 10.2. The number of carbonyl (C=O) groups is 1. The van der Waals surface area contributed by atoms with Crippen LogP contribution in [0.25, 0.3) is 0 Å². The molecule has 0 bridgehead atoms. The number of aromatic carboxylic acids is 1. The van der Waals surface area contributed by atoms with Gasteiger partial charge in [-0.3, -0.25) is 0 Å². The van der Waals surface area contributed by atoms with Crippen molar-refractivity contribution in [1.82, 2.24) is 9.97 Å². The van der Waals surface area contributed by atoms with E-state index in [2.05, 4.69) is 15.3 Å². The zero-order valence-electron chi connectivity index (χ0n) is 17.2. The van der Waals surface area contributed by atoms with Crippen molar-refractivity contribution in [2.75, 3.05) is 19.5 Å². The molecule has 0 fully saturated rings. The summed E-state index contributed by atoms with van der Waals surface area (Å²) in [6.45, 7) is 1.15. The highest BCUT2D eigenvalue weighted by molar-refractivity contribution is 6.33. The molecule has 168 valence electrons. The number of nitrogens with zero attached hydrogens (tertiary/aromatic N) is 2. The Morgan fingerprint density at radius 3 is 2.50 bits per heavy atom. The van der Waals surface area contributed by atoms with E-state index < -0.39 is 17.6 Å². The summed E-state index contributed by atoms with van der Waals surface area (Å²) in [5.41, 5.74) is 0.242. The number of hydrogen-bond acceptors (Lipinski definition) is 7. The highest BCUT2D eigenvalue weighted by atomic mass is 35.5. The molecule has 0 saturated heterocycles. The van der Waals surface area contributed by atoms with Crippen molar-refractivity contribution in [3.05, 3.63) is 64.1 Å². The first-order valence-corrected chi connectivity index (χ1v) is 9.47. The minimum atomic E-state index is -1.22. The fourth-order valence-corrected chi connectivity index (χ4v) is 3.11. The number of anilines is 2. The van der Waals surface area contributed by atoms with Gasteiger partial charge in [-0.1, -0.05) is 11.6 Å². The van der Waals surface area contributed by atoms with E-state index in [0.29, 0.717) is 0 Å². The van der Waals surface area contributed by atoms with Gasteiger partial charge in [-0.2, -0.15) is 0 Å². The van der Waals surface area contributed by atoms with Gasteiger partial charge in [0, 0.05) is 12.1 Å². The highest BCUT2D eigenvalue weighted by Gasteiger charge is 2.20. The van der Waals surface area contributed by atoms with Gasteiger partial charge in [0.05, 0.1) is 36.2 Å². The molecule has 0 spiro atoms. The number of ether oxygens (including phenoxy) is 3. The van der Waals surface area contributed by atoms with Crippen LogP contribution in [0, 0.1) is 18.6 Å². The molecule has 0 amide bonds. The van der Waals surface area contributed by atoms with Crippen molar-refractivity contribution < 1.29 is 32.9 Å². The Hall–Kier alpha value is -3.66. The Kier molecular flexibility index (Phi) is 6.94. The topological polar surface area (TPSA) is 103 Å². The number of carboxylic acid groups (broad SMARTS) is 1. The van der Waals surface area contributed by atoms with Crippen molar-refractivity contribution in [3.63, 3.8) is 0 Å². The molecule has 1 heterocycles. The van der Waals surface area contributed by atoms with E-state index in [-0.39, 0.29) is 57.2 Å². The van der Waals surface area contributed by atoms with Crippen LogP contribution in [-0.2, 0) is 6.61 Å². The molecule has 0 atom stereocenters. The van der Waals surface area contributed by atoms with Crippen LogP contribution in [0.5, 0.6) is 17.2 Å². The first-order chi connectivity index (χ1) is 15.3. The number of halogens is 3. The maximum Gasteiger partial charge on any atom is 0.341 e. The lowest BCUT2D eigenvalue weighted by molar-refractivity contribution is 0.0696. The average molecular weight is 466 g/mol. The van der Waals surface area contributed by atoms with E-state index >= 15 is 0 Å². The molecule has 2 aromatic carbocycles. The Labute approximate surface area is 186 Å². The van der Waals surface area contributed by atoms with Gasteiger partial charge in [0.2, 0.25) is 0 Å². The van der Waals surface area contributed by atoms with Crippen LogP contribution < -0.4 is 19.5 Å². The first kappa shape index (κ1) is 23.0. The molecule has 0 aliphatic carbocycles. The number of benzene rings is 2. The van der Waals surface area contributed by atoms with Gasteiger partial charge in [-0.15, -0.1) is 0 Å². The normalized spacial score (nSPS) is 10.6. The highest BCUT2D eigenvalue weighted by Crippen LogP contribution is 2.38. The van der Waals surface area contributed by atoms with Gasteiger partial charge in [0.15, 0.2) is 23.1 Å². The molecule has 8 nitrogen and oxygen atoms in total. The zero-order valence-corrected chi connectivity index (χ0v) is 18.0. The lowest BCUT2D eigenvalue weighted by Crippen LogP contribution is -2.09. The van der Waals surface area contributed by atoms with Crippen LogP contribution in [0.15, 0.2) is 30.6 Å². The van der Waals surface area contributed by atoms with Crippen molar-refractivity contribution >= 4 is 29.1 Å². The molecule has 0 aliphatic heterocycles. The monoisotopic (exact) mass is 465 g/mol.